The highest BCUT2D eigenvalue weighted by atomic mass is 19.4. The predicted molar refractivity (Wildman–Crippen MR) is 108 cm³/mol. The molecule has 4 heteroatoms. The van der Waals surface area contributed by atoms with Crippen molar-refractivity contribution in [3.05, 3.63) is 47.8 Å². The van der Waals surface area contributed by atoms with Crippen LogP contribution in [0.1, 0.15) is 81.3 Å². The number of fused-ring (bicyclic) bond motifs is 1. The lowest BCUT2D eigenvalue weighted by Gasteiger charge is -2.45. The zero-order valence-corrected chi connectivity index (χ0v) is 17.1. The van der Waals surface area contributed by atoms with Crippen LogP contribution in [0.3, 0.4) is 0 Å². The minimum atomic E-state index is -4.62. The van der Waals surface area contributed by atoms with Crippen molar-refractivity contribution in [3.63, 3.8) is 0 Å². The molecule has 1 aromatic carbocycles. The molecule has 0 radical (unpaired) electrons. The minimum absolute atomic E-state index is 0.201. The van der Waals surface area contributed by atoms with Gasteiger partial charge in [0.15, 0.2) is 0 Å². The SMILES string of the molecule is C=CC1CCC(C2CCC3CC(c4ccc(C(F)(F)F)c(F)c4)CCC3C2)CC1. The van der Waals surface area contributed by atoms with E-state index in [4.69, 9.17) is 0 Å². The van der Waals surface area contributed by atoms with Crippen molar-refractivity contribution in [2.45, 2.75) is 76.3 Å². The third kappa shape index (κ3) is 4.56. The van der Waals surface area contributed by atoms with Gasteiger partial charge in [0, 0.05) is 0 Å². The fourth-order valence-electron chi connectivity index (χ4n) is 6.52. The molecule has 0 nitrogen and oxygen atoms in total. The molecule has 3 saturated carbocycles. The average molecular weight is 409 g/mol. The second-order valence-electron chi connectivity index (χ2n) is 9.75. The lowest BCUT2D eigenvalue weighted by Crippen LogP contribution is -2.34. The second-order valence-corrected chi connectivity index (χ2v) is 9.75. The summed E-state index contributed by atoms with van der Waals surface area (Å²) < 4.78 is 52.5. The minimum Gasteiger partial charge on any atom is -0.206 e. The smallest absolute Gasteiger partial charge is 0.206 e. The van der Waals surface area contributed by atoms with E-state index in [1.54, 1.807) is 0 Å². The third-order valence-corrected chi connectivity index (χ3v) is 8.24. The van der Waals surface area contributed by atoms with Gasteiger partial charge in [-0.15, -0.1) is 6.58 Å². The normalized spacial score (nSPS) is 35.7. The van der Waals surface area contributed by atoms with Gasteiger partial charge in [-0.3, -0.25) is 0 Å². The van der Waals surface area contributed by atoms with E-state index in [-0.39, 0.29) is 5.92 Å². The van der Waals surface area contributed by atoms with Crippen molar-refractivity contribution < 1.29 is 17.6 Å². The molecule has 0 bridgehead atoms. The monoisotopic (exact) mass is 408 g/mol. The Morgan fingerprint density at radius 2 is 1.38 bits per heavy atom. The van der Waals surface area contributed by atoms with Crippen molar-refractivity contribution in [1.82, 2.24) is 0 Å². The van der Waals surface area contributed by atoms with Crippen LogP contribution in [0.4, 0.5) is 17.6 Å². The van der Waals surface area contributed by atoms with Gasteiger partial charge in [0.25, 0.3) is 0 Å². The molecular weight excluding hydrogens is 376 g/mol. The highest BCUT2D eigenvalue weighted by molar-refractivity contribution is 5.29. The van der Waals surface area contributed by atoms with Crippen LogP contribution in [0.2, 0.25) is 0 Å². The molecule has 1 aromatic rings. The van der Waals surface area contributed by atoms with Crippen LogP contribution < -0.4 is 0 Å². The van der Waals surface area contributed by atoms with E-state index in [0.717, 1.165) is 54.7 Å². The first-order valence-corrected chi connectivity index (χ1v) is 11.3. The van der Waals surface area contributed by atoms with Crippen LogP contribution in [0.5, 0.6) is 0 Å². The summed E-state index contributed by atoms with van der Waals surface area (Å²) in [6.07, 6.45) is 9.72. The van der Waals surface area contributed by atoms with E-state index >= 15 is 0 Å². The molecule has 0 N–H and O–H groups in total. The Bertz CT molecular complexity index is 714. The van der Waals surface area contributed by atoms with Gasteiger partial charge in [0.1, 0.15) is 5.82 Å². The topological polar surface area (TPSA) is 0 Å². The van der Waals surface area contributed by atoms with Crippen LogP contribution in [0, 0.1) is 35.4 Å². The van der Waals surface area contributed by atoms with Crippen molar-refractivity contribution in [2.75, 3.05) is 0 Å². The Kier molecular flexibility index (Phi) is 6.09. The number of halogens is 4. The average Bonchev–Trinajstić information content (AvgIpc) is 2.72. The molecule has 0 amide bonds. The molecule has 0 heterocycles. The first-order chi connectivity index (χ1) is 13.8. The first-order valence-electron chi connectivity index (χ1n) is 11.3. The van der Waals surface area contributed by atoms with Crippen molar-refractivity contribution in [1.29, 1.82) is 0 Å². The van der Waals surface area contributed by atoms with Crippen LogP contribution in [-0.2, 0) is 6.18 Å². The van der Waals surface area contributed by atoms with Crippen molar-refractivity contribution in [2.24, 2.45) is 29.6 Å². The fraction of sp³-hybridized carbons (Fsp3) is 0.680. The first kappa shape index (κ1) is 20.9. The quantitative estimate of drug-likeness (QED) is 0.350. The molecule has 0 aromatic heterocycles. The molecule has 3 aliphatic carbocycles. The molecular formula is C25H32F4. The Balaban J connectivity index is 1.35. The van der Waals surface area contributed by atoms with E-state index in [0.29, 0.717) is 11.8 Å². The summed E-state index contributed by atoms with van der Waals surface area (Å²) >= 11 is 0. The maximum absolute atomic E-state index is 14.0. The van der Waals surface area contributed by atoms with Crippen LogP contribution in [0.25, 0.3) is 0 Å². The summed E-state index contributed by atoms with van der Waals surface area (Å²) in [5.41, 5.74) is -0.402. The van der Waals surface area contributed by atoms with Gasteiger partial charge in [-0.25, -0.2) is 4.39 Å². The Morgan fingerprint density at radius 3 is 2.00 bits per heavy atom. The highest BCUT2D eigenvalue weighted by Crippen LogP contribution is 2.51. The number of hydrogen-bond acceptors (Lipinski definition) is 0. The van der Waals surface area contributed by atoms with Crippen LogP contribution in [-0.4, -0.2) is 0 Å². The largest absolute Gasteiger partial charge is 0.419 e. The molecule has 29 heavy (non-hydrogen) atoms. The third-order valence-electron chi connectivity index (χ3n) is 8.24. The summed E-state index contributed by atoms with van der Waals surface area (Å²) in [7, 11) is 0. The van der Waals surface area contributed by atoms with Crippen molar-refractivity contribution >= 4 is 0 Å². The number of benzene rings is 1. The van der Waals surface area contributed by atoms with E-state index < -0.39 is 17.6 Å². The van der Waals surface area contributed by atoms with E-state index in [2.05, 4.69) is 12.7 Å². The molecule has 3 aliphatic rings. The summed E-state index contributed by atoms with van der Waals surface area (Å²) in [5, 5.41) is 0. The molecule has 160 valence electrons. The molecule has 4 atom stereocenters. The molecule has 0 saturated heterocycles. The summed E-state index contributed by atoms with van der Waals surface area (Å²) in [6, 6.07) is 3.56. The van der Waals surface area contributed by atoms with Crippen molar-refractivity contribution in [3.8, 4) is 0 Å². The number of alkyl halides is 3. The van der Waals surface area contributed by atoms with E-state index in [1.165, 1.54) is 51.0 Å². The zero-order valence-electron chi connectivity index (χ0n) is 17.1. The molecule has 4 rings (SSSR count). The number of hydrogen-bond donors (Lipinski definition) is 0. The lowest BCUT2D eigenvalue weighted by atomic mass is 9.60. The molecule has 0 aliphatic heterocycles. The maximum Gasteiger partial charge on any atom is 0.419 e. The molecule has 0 spiro atoms. The Morgan fingerprint density at radius 1 is 0.793 bits per heavy atom. The lowest BCUT2D eigenvalue weighted by molar-refractivity contribution is -0.140. The van der Waals surface area contributed by atoms with E-state index in [1.807, 2.05) is 0 Å². The number of rotatable bonds is 3. The Hall–Kier alpha value is -1.32. The summed E-state index contributed by atoms with van der Waals surface area (Å²) in [4.78, 5) is 0. The van der Waals surface area contributed by atoms with Gasteiger partial charge in [0.2, 0.25) is 0 Å². The van der Waals surface area contributed by atoms with Crippen LogP contribution >= 0.6 is 0 Å². The number of allylic oxidation sites excluding steroid dienone is 1. The molecule has 3 fully saturated rings. The summed E-state index contributed by atoms with van der Waals surface area (Å²) in [6.45, 7) is 3.95. The van der Waals surface area contributed by atoms with E-state index in [9.17, 15) is 17.6 Å². The summed E-state index contributed by atoms with van der Waals surface area (Å²) in [5.74, 6) is 2.91. The standard InChI is InChI=1S/C25H32F4/c1-2-16-3-5-17(6-4-16)18-7-8-20-14-21(10-9-19(20)13-18)22-11-12-23(24(26)15-22)25(27,28)29/h2,11-12,15-21H,1,3-10,13-14H2. The predicted octanol–water partition coefficient (Wildman–Crippen LogP) is 8.14. The fourth-order valence-corrected chi connectivity index (χ4v) is 6.52. The van der Waals surface area contributed by atoms with Gasteiger partial charge in [0.05, 0.1) is 5.56 Å². The van der Waals surface area contributed by atoms with Gasteiger partial charge < -0.3 is 0 Å². The Labute approximate surface area is 171 Å². The van der Waals surface area contributed by atoms with Gasteiger partial charge >= 0.3 is 6.18 Å². The second kappa shape index (κ2) is 8.43. The molecule has 4 unspecified atom stereocenters. The van der Waals surface area contributed by atoms with Gasteiger partial charge in [-0.05, 0) is 117 Å². The van der Waals surface area contributed by atoms with Gasteiger partial charge in [-0.2, -0.15) is 13.2 Å². The highest BCUT2D eigenvalue weighted by Gasteiger charge is 2.39. The van der Waals surface area contributed by atoms with Gasteiger partial charge in [-0.1, -0.05) is 12.1 Å². The zero-order chi connectivity index (χ0) is 20.6. The maximum atomic E-state index is 14.0. The van der Waals surface area contributed by atoms with Crippen LogP contribution in [0.15, 0.2) is 30.9 Å².